The lowest BCUT2D eigenvalue weighted by Gasteiger charge is -2.43. The second kappa shape index (κ2) is 6.37. The van der Waals surface area contributed by atoms with Gasteiger partial charge in [0.25, 0.3) is 5.56 Å². The number of aromatic nitrogens is 3. The largest absolute Gasteiger partial charge is 0.312 e. The number of rotatable bonds is 3. The number of likely N-dealkylation sites (tertiary alicyclic amines) is 1. The van der Waals surface area contributed by atoms with Gasteiger partial charge in [-0.25, -0.2) is 0 Å². The van der Waals surface area contributed by atoms with E-state index in [0.29, 0.717) is 17.8 Å². The lowest BCUT2D eigenvalue weighted by atomic mass is 9.82. The van der Waals surface area contributed by atoms with Gasteiger partial charge in [-0.3, -0.25) is 14.8 Å². The van der Waals surface area contributed by atoms with Crippen LogP contribution in [0.1, 0.15) is 37.6 Å². The highest BCUT2D eigenvalue weighted by Gasteiger charge is 2.35. The van der Waals surface area contributed by atoms with Crippen molar-refractivity contribution in [3.63, 3.8) is 0 Å². The second-order valence-electron chi connectivity index (χ2n) is 8.02. The summed E-state index contributed by atoms with van der Waals surface area (Å²) >= 11 is 0. The first-order chi connectivity index (χ1) is 12.0. The molecule has 1 saturated heterocycles. The SMILES string of the molecule is Cc1nccnc1-c1cc2n(c(=O)c1)C[C@H]1C[C@@H]2CN(CC(C)C)C1. The molecular formula is C20H26N4O. The molecule has 0 aliphatic carbocycles. The van der Waals surface area contributed by atoms with Crippen molar-refractivity contribution in [2.45, 2.75) is 39.7 Å². The molecule has 0 aromatic carbocycles. The average Bonchev–Trinajstić information content (AvgIpc) is 2.55. The van der Waals surface area contributed by atoms with Crippen molar-refractivity contribution in [1.82, 2.24) is 19.4 Å². The molecule has 0 amide bonds. The molecule has 4 heterocycles. The Morgan fingerprint density at radius 1 is 1.16 bits per heavy atom. The van der Waals surface area contributed by atoms with Crippen molar-refractivity contribution in [2.24, 2.45) is 11.8 Å². The molecule has 2 aromatic rings. The Balaban J connectivity index is 1.73. The summed E-state index contributed by atoms with van der Waals surface area (Å²) in [7, 11) is 0. The van der Waals surface area contributed by atoms with Crippen LogP contribution in [0.3, 0.4) is 0 Å². The summed E-state index contributed by atoms with van der Waals surface area (Å²) < 4.78 is 2.00. The Labute approximate surface area is 148 Å². The Kier molecular flexibility index (Phi) is 4.20. The second-order valence-corrected chi connectivity index (χ2v) is 8.02. The zero-order valence-corrected chi connectivity index (χ0v) is 15.3. The Hall–Kier alpha value is -2.01. The zero-order chi connectivity index (χ0) is 17.6. The zero-order valence-electron chi connectivity index (χ0n) is 15.3. The van der Waals surface area contributed by atoms with Gasteiger partial charge in [0.15, 0.2) is 0 Å². The Morgan fingerprint density at radius 2 is 1.96 bits per heavy atom. The molecule has 132 valence electrons. The number of nitrogens with zero attached hydrogens (tertiary/aromatic N) is 4. The number of hydrogen-bond acceptors (Lipinski definition) is 4. The van der Waals surface area contributed by atoms with E-state index in [0.717, 1.165) is 43.1 Å². The first kappa shape index (κ1) is 16.5. The lowest BCUT2D eigenvalue weighted by Crippen LogP contribution is -2.48. The summed E-state index contributed by atoms with van der Waals surface area (Å²) in [5.74, 6) is 1.71. The molecule has 0 radical (unpaired) electrons. The van der Waals surface area contributed by atoms with Gasteiger partial charge in [0.1, 0.15) is 0 Å². The van der Waals surface area contributed by atoms with Crippen LogP contribution in [0.4, 0.5) is 0 Å². The van der Waals surface area contributed by atoms with Gasteiger partial charge in [-0.2, -0.15) is 0 Å². The fourth-order valence-corrected chi connectivity index (χ4v) is 4.55. The van der Waals surface area contributed by atoms with Crippen molar-refractivity contribution in [2.75, 3.05) is 19.6 Å². The van der Waals surface area contributed by atoms with E-state index < -0.39 is 0 Å². The summed E-state index contributed by atoms with van der Waals surface area (Å²) in [6, 6.07) is 3.91. The molecule has 1 fully saturated rings. The van der Waals surface area contributed by atoms with Crippen LogP contribution in [0, 0.1) is 18.8 Å². The fourth-order valence-electron chi connectivity index (χ4n) is 4.55. The summed E-state index contributed by atoms with van der Waals surface area (Å²) in [6.07, 6.45) is 4.58. The summed E-state index contributed by atoms with van der Waals surface area (Å²) in [5.41, 5.74) is 3.87. The molecular weight excluding hydrogens is 312 g/mol. The van der Waals surface area contributed by atoms with E-state index in [1.54, 1.807) is 18.5 Å². The van der Waals surface area contributed by atoms with Crippen molar-refractivity contribution in [1.29, 1.82) is 0 Å². The number of pyridine rings is 1. The molecule has 2 atom stereocenters. The van der Waals surface area contributed by atoms with Crippen LogP contribution in [0.15, 0.2) is 29.3 Å². The maximum atomic E-state index is 12.8. The molecule has 2 aliphatic heterocycles. The van der Waals surface area contributed by atoms with Gasteiger partial charge in [0.2, 0.25) is 0 Å². The number of piperidine rings is 1. The normalized spacial score (nSPS) is 22.9. The predicted octanol–water partition coefficient (Wildman–Crippen LogP) is 2.69. The highest BCUT2D eigenvalue weighted by Crippen LogP contribution is 2.36. The van der Waals surface area contributed by atoms with E-state index >= 15 is 0 Å². The number of hydrogen-bond donors (Lipinski definition) is 0. The lowest BCUT2D eigenvalue weighted by molar-refractivity contribution is 0.109. The standard InChI is InChI=1S/C20H26N4O/c1-13(2)9-23-10-15-6-17(12-23)18-7-16(8-19(25)24(18)11-15)20-14(3)21-4-5-22-20/h4-5,7-8,13,15,17H,6,9-12H2,1-3H3/t15-,17+/m0/s1. The van der Waals surface area contributed by atoms with Crippen LogP contribution in [-0.2, 0) is 6.54 Å². The van der Waals surface area contributed by atoms with E-state index in [4.69, 9.17) is 0 Å². The van der Waals surface area contributed by atoms with Crippen LogP contribution in [0.2, 0.25) is 0 Å². The smallest absolute Gasteiger partial charge is 0.251 e. The highest BCUT2D eigenvalue weighted by atomic mass is 16.1. The van der Waals surface area contributed by atoms with Gasteiger partial charge in [0, 0.05) is 61.8 Å². The van der Waals surface area contributed by atoms with Crippen molar-refractivity contribution >= 4 is 0 Å². The minimum atomic E-state index is 0.101. The van der Waals surface area contributed by atoms with Gasteiger partial charge < -0.3 is 9.47 Å². The minimum Gasteiger partial charge on any atom is -0.312 e. The highest BCUT2D eigenvalue weighted by molar-refractivity contribution is 5.61. The van der Waals surface area contributed by atoms with E-state index in [9.17, 15) is 4.79 Å². The van der Waals surface area contributed by atoms with Crippen molar-refractivity contribution < 1.29 is 0 Å². The number of aryl methyl sites for hydroxylation is 1. The van der Waals surface area contributed by atoms with Crippen molar-refractivity contribution in [3.05, 3.63) is 46.3 Å². The third-order valence-corrected chi connectivity index (χ3v) is 5.41. The Morgan fingerprint density at radius 3 is 2.72 bits per heavy atom. The summed E-state index contributed by atoms with van der Waals surface area (Å²) in [6.45, 7) is 10.7. The molecule has 2 aliphatic rings. The molecule has 2 bridgehead atoms. The van der Waals surface area contributed by atoms with Gasteiger partial charge in [-0.15, -0.1) is 0 Å². The summed E-state index contributed by atoms with van der Waals surface area (Å²) in [5, 5.41) is 0. The molecule has 5 nitrogen and oxygen atoms in total. The van der Waals surface area contributed by atoms with Crippen LogP contribution >= 0.6 is 0 Å². The van der Waals surface area contributed by atoms with E-state index in [1.807, 2.05) is 11.5 Å². The van der Waals surface area contributed by atoms with Crippen LogP contribution < -0.4 is 5.56 Å². The molecule has 5 heteroatoms. The average molecular weight is 338 g/mol. The summed E-state index contributed by atoms with van der Waals surface area (Å²) in [4.78, 5) is 24.1. The number of fused-ring (bicyclic) bond motifs is 4. The molecule has 0 saturated carbocycles. The topological polar surface area (TPSA) is 51.0 Å². The molecule has 4 rings (SSSR count). The van der Waals surface area contributed by atoms with Crippen LogP contribution in [0.5, 0.6) is 0 Å². The third-order valence-electron chi connectivity index (χ3n) is 5.41. The molecule has 0 unspecified atom stereocenters. The maximum absolute atomic E-state index is 12.8. The van der Waals surface area contributed by atoms with Crippen molar-refractivity contribution in [3.8, 4) is 11.3 Å². The molecule has 2 aromatic heterocycles. The maximum Gasteiger partial charge on any atom is 0.251 e. The predicted molar refractivity (Wildman–Crippen MR) is 98.6 cm³/mol. The third kappa shape index (κ3) is 3.13. The van der Waals surface area contributed by atoms with Crippen LogP contribution in [-0.4, -0.2) is 39.1 Å². The van der Waals surface area contributed by atoms with E-state index in [-0.39, 0.29) is 5.56 Å². The van der Waals surface area contributed by atoms with Crippen LogP contribution in [0.25, 0.3) is 11.3 Å². The monoisotopic (exact) mass is 338 g/mol. The van der Waals surface area contributed by atoms with Gasteiger partial charge in [-0.1, -0.05) is 13.8 Å². The molecule has 0 N–H and O–H groups in total. The van der Waals surface area contributed by atoms with Gasteiger partial charge >= 0.3 is 0 Å². The minimum absolute atomic E-state index is 0.101. The van der Waals surface area contributed by atoms with E-state index in [1.165, 1.54) is 12.1 Å². The quantitative estimate of drug-likeness (QED) is 0.863. The molecule has 25 heavy (non-hydrogen) atoms. The first-order valence-corrected chi connectivity index (χ1v) is 9.26. The van der Waals surface area contributed by atoms with Gasteiger partial charge in [-0.05, 0) is 31.2 Å². The van der Waals surface area contributed by atoms with E-state index in [2.05, 4.69) is 34.8 Å². The van der Waals surface area contributed by atoms with Gasteiger partial charge in [0.05, 0.1) is 11.4 Å². The Bertz CT molecular complexity index is 842. The first-order valence-electron chi connectivity index (χ1n) is 9.26. The molecule has 0 spiro atoms. The fraction of sp³-hybridized carbons (Fsp3) is 0.550.